The fourth-order valence-corrected chi connectivity index (χ4v) is 1.80. The SMILES string of the molecule is CCCOc1ccc(OCCOc2ccc(C#N)cc2)cc1. The molecule has 0 fully saturated rings. The van der Waals surface area contributed by atoms with Crippen LogP contribution in [0.2, 0.25) is 0 Å². The van der Waals surface area contributed by atoms with Gasteiger partial charge < -0.3 is 14.2 Å². The van der Waals surface area contributed by atoms with Crippen LogP contribution in [0.1, 0.15) is 18.9 Å². The molecule has 4 nitrogen and oxygen atoms in total. The van der Waals surface area contributed by atoms with Crippen molar-refractivity contribution in [3.8, 4) is 23.3 Å². The quantitative estimate of drug-likeness (QED) is 0.695. The summed E-state index contributed by atoms with van der Waals surface area (Å²) in [7, 11) is 0. The monoisotopic (exact) mass is 297 g/mol. The molecule has 22 heavy (non-hydrogen) atoms. The predicted octanol–water partition coefficient (Wildman–Crippen LogP) is 3.80. The van der Waals surface area contributed by atoms with Gasteiger partial charge in [-0.05, 0) is 55.0 Å². The Bertz CT molecular complexity index is 600. The van der Waals surface area contributed by atoms with E-state index in [2.05, 4.69) is 13.0 Å². The maximum Gasteiger partial charge on any atom is 0.122 e. The van der Waals surface area contributed by atoms with Crippen LogP contribution in [0.25, 0.3) is 0 Å². The maximum absolute atomic E-state index is 8.72. The lowest BCUT2D eigenvalue weighted by atomic mass is 10.2. The van der Waals surface area contributed by atoms with Gasteiger partial charge in [-0.1, -0.05) is 6.92 Å². The second-order valence-corrected chi connectivity index (χ2v) is 4.65. The van der Waals surface area contributed by atoms with Gasteiger partial charge in [0.05, 0.1) is 18.2 Å². The number of benzene rings is 2. The minimum atomic E-state index is 0.444. The normalized spacial score (nSPS) is 9.82. The summed E-state index contributed by atoms with van der Waals surface area (Å²) < 4.78 is 16.7. The molecule has 0 aromatic heterocycles. The van der Waals surface area contributed by atoms with Gasteiger partial charge in [0.15, 0.2) is 0 Å². The largest absolute Gasteiger partial charge is 0.494 e. The van der Waals surface area contributed by atoms with Gasteiger partial charge in [-0.3, -0.25) is 0 Å². The molecule has 0 amide bonds. The van der Waals surface area contributed by atoms with Crippen LogP contribution < -0.4 is 14.2 Å². The molecule has 2 rings (SSSR count). The number of nitrogens with zero attached hydrogens (tertiary/aromatic N) is 1. The third-order valence-electron chi connectivity index (χ3n) is 2.90. The second-order valence-electron chi connectivity index (χ2n) is 4.65. The minimum Gasteiger partial charge on any atom is -0.494 e. The molecule has 0 heterocycles. The van der Waals surface area contributed by atoms with E-state index in [1.165, 1.54) is 0 Å². The Morgan fingerprint density at radius 1 is 0.727 bits per heavy atom. The van der Waals surface area contributed by atoms with E-state index in [9.17, 15) is 0 Å². The van der Waals surface area contributed by atoms with E-state index in [-0.39, 0.29) is 0 Å². The average molecular weight is 297 g/mol. The van der Waals surface area contributed by atoms with E-state index in [0.29, 0.717) is 18.8 Å². The molecule has 4 heteroatoms. The summed E-state index contributed by atoms with van der Waals surface area (Å²) in [6.07, 6.45) is 0.991. The van der Waals surface area contributed by atoms with Crippen LogP contribution >= 0.6 is 0 Å². The summed E-state index contributed by atoms with van der Waals surface area (Å²) in [6, 6.07) is 16.6. The van der Waals surface area contributed by atoms with Crippen molar-refractivity contribution < 1.29 is 14.2 Å². The Balaban J connectivity index is 1.70. The number of hydrogen-bond donors (Lipinski definition) is 0. The molecule has 0 saturated heterocycles. The van der Waals surface area contributed by atoms with Gasteiger partial charge in [0, 0.05) is 0 Å². The molecular weight excluding hydrogens is 278 g/mol. The van der Waals surface area contributed by atoms with E-state index in [0.717, 1.165) is 30.3 Å². The van der Waals surface area contributed by atoms with Crippen molar-refractivity contribution in [3.63, 3.8) is 0 Å². The lowest BCUT2D eigenvalue weighted by Gasteiger charge is -2.09. The molecule has 0 unspecified atom stereocenters. The molecule has 2 aromatic rings. The summed E-state index contributed by atoms with van der Waals surface area (Å²) in [5.74, 6) is 2.36. The molecule has 0 radical (unpaired) electrons. The highest BCUT2D eigenvalue weighted by atomic mass is 16.5. The van der Waals surface area contributed by atoms with Crippen molar-refractivity contribution in [2.75, 3.05) is 19.8 Å². The minimum absolute atomic E-state index is 0.444. The lowest BCUT2D eigenvalue weighted by molar-refractivity contribution is 0.217. The third-order valence-corrected chi connectivity index (χ3v) is 2.90. The Hall–Kier alpha value is -2.67. The van der Waals surface area contributed by atoms with Gasteiger partial charge >= 0.3 is 0 Å². The van der Waals surface area contributed by atoms with Gasteiger partial charge in [-0.25, -0.2) is 0 Å². The summed E-state index contributed by atoms with van der Waals surface area (Å²) in [4.78, 5) is 0. The smallest absolute Gasteiger partial charge is 0.122 e. The summed E-state index contributed by atoms with van der Waals surface area (Å²) in [6.45, 7) is 3.69. The van der Waals surface area contributed by atoms with Crippen LogP contribution in [-0.4, -0.2) is 19.8 Å². The topological polar surface area (TPSA) is 51.5 Å². The Morgan fingerprint density at radius 2 is 1.14 bits per heavy atom. The first-order chi connectivity index (χ1) is 10.8. The highest BCUT2D eigenvalue weighted by molar-refractivity contribution is 5.34. The van der Waals surface area contributed by atoms with E-state index >= 15 is 0 Å². The van der Waals surface area contributed by atoms with Crippen LogP contribution in [-0.2, 0) is 0 Å². The van der Waals surface area contributed by atoms with Crippen molar-refractivity contribution >= 4 is 0 Å². The predicted molar refractivity (Wildman–Crippen MR) is 84.4 cm³/mol. The molecule has 2 aromatic carbocycles. The van der Waals surface area contributed by atoms with Gasteiger partial charge in [0.2, 0.25) is 0 Å². The van der Waals surface area contributed by atoms with Crippen molar-refractivity contribution in [1.29, 1.82) is 5.26 Å². The Kier molecular flexibility index (Phi) is 6.13. The fraction of sp³-hybridized carbons (Fsp3) is 0.278. The number of nitriles is 1. The molecule has 0 spiro atoms. The first-order valence-corrected chi connectivity index (χ1v) is 7.30. The zero-order valence-electron chi connectivity index (χ0n) is 12.6. The first kappa shape index (κ1) is 15.7. The van der Waals surface area contributed by atoms with Crippen LogP contribution in [0.3, 0.4) is 0 Å². The van der Waals surface area contributed by atoms with Gasteiger partial charge in [-0.15, -0.1) is 0 Å². The second kappa shape index (κ2) is 8.58. The first-order valence-electron chi connectivity index (χ1n) is 7.30. The summed E-state index contributed by atoms with van der Waals surface area (Å²) in [5.41, 5.74) is 0.619. The van der Waals surface area contributed by atoms with Crippen molar-refractivity contribution in [2.24, 2.45) is 0 Å². The van der Waals surface area contributed by atoms with Gasteiger partial charge in [0.1, 0.15) is 30.5 Å². The standard InChI is InChI=1S/C18H19NO3/c1-2-11-20-17-7-9-18(10-8-17)22-13-12-21-16-5-3-15(14-19)4-6-16/h3-10H,2,11-13H2,1H3. The van der Waals surface area contributed by atoms with Crippen LogP contribution in [0.4, 0.5) is 0 Å². The molecule has 0 saturated carbocycles. The van der Waals surface area contributed by atoms with Gasteiger partial charge in [-0.2, -0.15) is 5.26 Å². The number of hydrogen-bond acceptors (Lipinski definition) is 4. The molecule has 0 N–H and O–H groups in total. The molecule has 0 aliphatic carbocycles. The average Bonchev–Trinajstić information content (AvgIpc) is 2.58. The maximum atomic E-state index is 8.72. The summed E-state index contributed by atoms with van der Waals surface area (Å²) >= 11 is 0. The molecule has 0 atom stereocenters. The van der Waals surface area contributed by atoms with Crippen molar-refractivity contribution in [1.82, 2.24) is 0 Å². The van der Waals surface area contributed by atoms with E-state index in [4.69, 9.17) is 19.5 Å². The van der Waals surface area contributed by atoms with Crippen LogP contribution in [0, 0.1) is 11.3 Å². The molecule has 0 aliphatic rings. The number of ether oxygens (including phenoxy) is 3. The highest BCUT2D eigenvalue weighted by Crippen LogP contribution is 2.18. The number of rotatable bonds is 8. The molecule has 114 valence electrons. The fourth-order valence-electron chi connectivity index (χ4n) is 1.80. The highest BCUT2D eigenvalue weighted by Gasteiger charge is 1.98. The zero-order chi connectivity index (χ0) is 15.6. The zero-order valence-corrected chi connectivity index (χ0v) is 12.6. The Labute approximate surface area is 130 Å². The summed E-state index contributed by atoms with van der Waals surface area (Å²) in [5, 5.41) is 8.72. The van der Waals surface area contributed by atoms with Gasteiger partial charge in [0.25, 0.3) is 0 Å². The third kappa shape index (κ3) is 5.02. The Morgan fingerprint density at radius 3 is 1.55 bits per heavy atom. The van der Waals surface area contributed by atoms with E-state index in [1.54, 1.807) is 24.3 Å². The van der Waals surface area contributed by atoms with Crippen molar-refractivity contribution in [2.45, 2.75) is 13.3 Å². The van der Waals surface area contributed by atoms with Crippen LogP contribution in [0.5, 0.6) is 17.2 Å². The van der Waals surface area contributed by atoms with Crippen molar-refractivity contribution in [3.05, 3.63) is 54.1 Å². The van der Waals surface area contributed by atoms with E-state index < -0.39 is 0 Å². The molecule has 0 aliphatic heterocycles. The lowest BCUT2D eigenvalue weighted by Crippen LogP contribution is -2.08. The van der Waals surface area contributed by atoms with Crippen LogP contribution in [0.15, 0.2) is 48.5 Å². The molecular formula is C18H19NO3. The van der Waals surface area contributed by atoms with E-state index in [1.807, 2.05) is 24.3 Å². The molecule has 0 bridgehead atoms.